The summed E-state index contributed by atoms with van der Waals surface area (Å²) in [4.78, 5) is 33.1. The highest BCUT2D eigenvalue weighted by Crippen LogP contribution is 2.20. The molecule has 0 radical (unpaired) electrons. The summed E-state index contributed by atoms with van der Waals surface area (Å²) in [5.41, 5.74) is 6.42. The SMILES string of the molecule is Nc1ccc(C(=O)NCC(=O)NCC(=O)O)cc1Br. The van der Waals surface area contributed by atoms with Gasteiger partial charge in [0.1, 0.15) is 6.54 Å². The Labute approximate surface area is 117 Å². The highest BCUT2D eigenvalue weighted by atomic mass is 79.9. The molecule has 0 aromatic heterocycles. The Kier molecular flexibility index (Phi) is 5.31. The highest BCUT2D eigenvalue weighted by molar-refractivity contribution is 9.10. The second-order valence-electron chi connectivity index (χ2n) is 3.59. The van der Waals surface area contributed by atoms with E-state index in [0.29, 0.717) is 15.7 Å². The number of nitrogens with two attached hydrogens (primary N) is 1. The summed E-state index contributed by atoms with van der Waals surface area (Å²) < 4.78 is 0.579. The maximum absolute atomic E-state index is 11.7. The van der Waals surface area contributed by atoms with Crippen LogP contribution in [0.2, 0.25) is 0 Å². The van der Waals surface area contributed by atoms with Crippen LogP contribution in [0.1, 0.15) is 10.4 Å². The van der Waals surface area contributed by atoms with Crippen molar-refractivity contribution in [3.63, 3.8) is 0 Å². The Morgan fingerprint density at radius 3 is 2.47 bits per heavy atom. The monoisotopic (exact) mass is 329 g/mol. The Bertz CT molecular complexity index is 519. The smallest absolute Gasteiger partial charge is 0.322 e. The Hall–Kier alpha value is -2.09. The van der Waals surface area contributed by atoms with E-state index < -0.39 is 24.3 Å². The molecule has 0 heterocycles. The maximum Gasteiger partial charge on any atom is 0.322 e. The first-order chi connectivity index (χ1) is 8.90. The van der Waals surface area contributed by atoms with Crippen LogP contribution in [-0.4, -0.2) is 36.0 Å². The number of anilines is 1. The topological polar surface area (TPSA) is 122 Å². The van der Waals surface area contributed by atoms with Gasteiger partial charge in [-0.15, -0.1) is 0 Å². The molecule has 8 heteroatoms. The Balaban J connectivity index is 2.49. The van der Waals surface area contributed by atoms with Crippen molar-refractivity contribution in [2.75, 3.05) is 18.8 Å². The van der Waals surface area contributed by atoms with Gasteiger partial charge in [0.05, 0.1) is 6.54 Å². The minimum atomic E-state index is -1.15. The molecule has 0 atom stereocenters. The van der Waals surface area contributed by atoms with Crippen molar-refractivity contribution in [3.05, 3.63) is 28.2 Å². The number of amides is 2. The third-order valence-electron chi connectivity index (χ3n) is 2.11. The highest BCUT2D eigenvalue weighted by Gasteiger charge is 2.09. The third kappa shape index (κ3) is 4.96. The Morgan fingerprint density at radius 2 is 1.89 bits per heavy atom. The van der Waals surface area contributed by atoms with Crippen LogP contribution in [0.25, 0.3) is 0 Å². The summed E-state index contributed by atoms with van der Waals surface area (Å²) in [6.45, 7) is -0.782. The van der Waals surface area contributed by atoms with Gasteiger partial charge in [-0.1, -0.05) is 0 Å². The van der Waals surface area contributed by atoms with Gasteiger partial charge in [0.2, 0.25) is 5.91 Å². The lowest BCUT2D eigenvalue weighted by Gasteiger charge is -2.06. The number of hydrogen-bond acceptors (Lipinski definition) is 4. The zero-order valence-electron chi connectivity index (χ0n) is 9.77. The standard InChI is InChI=1S/C11H12BrN3O4/c12-7-3-6(1-2-8(7)13)11(19)15-4-9(16)14-5-10(17)18/h1-3H,4-5,13H2,(H,14,16)(H,15,19)(H,17,18). The van der Waals surface area contributed by atoms with Crippen LogP contribution in [0.4, 0.5) is 5.69 Å². The molecule has 5 N–H and O–H groups in total. The fourth-order valence-electron chi connectivity index (χ4n) is 1.17. The molecule has 0 aliphatic rings. The summed E-state index contributed by atoms with van der Waals surface area (Å²) in [6.07, 6.45) is 0. The largest absolute Gasteiger partial charge is 0.480 e. The fourth-order valence-corrected chi connectivity index (χ4v) is 1.55. The van der Waals surface area contributed by atoms with Crippen molar-refractivity contribution in [3.8, 4) is 0 Å². The number of halogens is 1. The van der Waals surface area contributed by atoms with Gasteiger partial charge in [0, 0.05) is 15.7 Å². The predicted octanol–water partition coefficient (Wildman–Crippen LogP) is -0.0381. The van der Waals surface area contributed by atoms with E-state index in [1.54, 1.807) is 6.07 Å². The van der Waals surface area contributed by atoms with Gasteiger partial charge >= 0.3 is 5.97 Å². The first-order valence-electron chi connectivity index (χ1n) is 5.22. The van der Waals surface area contributed by atoms with E-state index in [4.69, 9.17) is 10.8 Å². The van der Waals surface area contributed by atoms with E-state index in [2.05, 4.69) is 26.6 Å². The minimum Gasteiger partial charge on any atom is -0.480 e. The van der Waals surface area contributed by atoms with Crippen molar-refractivity contribution in [2.45, 2.75) is 0 Å². The number of carbonyl (C=O) groups excluding carboxylic acids is 2. The molecule has 0 aliphatic heterocycles. The number of carboxylic acids is 1. The molecule has 7 nitrogen and oxygen atoms in total. The van der Waals surface area contributed by atoms with Gasteiger partial charge in [-0.05, 0) is 34.1 Å². The summed E-state index contributed by atoms with van der Waals surface area (Å²) in [5, 5.41) is 12.8. The Morgan fingerprint density at radius 1 is 1.21 bits per heavy atom. The van der Waals surface area contributed by atoms with E-state index in [1.807, 2.05) is 0 Å². The number of rotatable bonds is 5. The molecule has 0 spiro atoms. The van der Waals surface area contributed by atoms with E-state index in [0.717, 1.165) is 0 Å². The van der Waals surface area contributed by atoms with Crippen molar-refractivity contribution < 1.29 is 19.5 Å². The van der Waals surface area contributed by atoms with Crippen LogP contribution in [0, 0.1) is 0 Å². The molecule has 19 heavy (non-hydrogen) atoms. The number of aliphatic carboxylic acids is 1. The summed E-state index contributed by atoms with van der Waals surface area (Å²) in [5.74, 6) is -2.18. The minimum absolute atomic E-state index is 0.298. The van der Waals surface area contributed by atoms with Crippen LogP contribution in [-0.2, 0) is 9.59 Å². The number of benzene rings is 1. The third-order valence-corrected chi connectivity index (χ3v) is 2.80. The van der Waals surface area contributed by atoms with Crippen molar-refractivity contribution in [1.29, 1.82) is 0 Å². The van der Waals surface area contributed by atoms with Gasteiger partial charge in [0.15, 0.2) is 0 Å². The first kappa shape index (κ1) is 15.0. The number of nitrogen functional groups attached to an aromatic ring is 1. The van der Waals surface area contributed by atoms with Gasteiger partial charge in [-0.25, -0.2) is 0 Å². The van der Waals surface area contributed by atoms with Gasteiger partial charge in [-0.3, -0.25) is 14.4 Å². The molecule has 1 aromatic carbocycles. The van der Waals surface area contributed by atoms with Crippen molar-refractivity contribution in [1.82, 2.24) is 10.6 Å². The zero-order valence-corrected chi connectivity index (χ0v) is 11.4. The summed E-state index contributed by atoms with van der Waals surface area (Å²) in [7, 11) is 0. The average Bonchev–Trinajstić information content (AvgIpc) is 2.36. The van der Waals surface area contributed by atoms with Gasteiger partial charge < -0.3 is 21.5 Å². The molecule has 0 aliphatic carbocycles. The lowest BCUT2D eigenvalue weighted by molar-refractivity contribution is -0.137. The molecule has 0 unspecified atom stereocenters. The van der Waals surface area contributed by atoms with E-state index in [-0.39, 0.29) is 6.54 Å². The van der Waals surface area contributed by atoms with Crippen LogP contribution in [0.3, 0.4) is 0 Å². The zero-order chi connectivity index (χ0) is 14.4. The molecular formula is C11H12BrN3O4. The first-order valence-corrected chi connectivity index (χ1v) is 6.01. The molecular weight excluding hydrogens is 318 g/mol. The molecule has 0 saturated carbocycles. The van der Waals surface area contributed by atoms with Crippen molar-refractivity contribution in [2.24, 2.45) is 0 Å². The molecule has 0 saturated heterocycles. The summed E-state index contributed by atoms with van der Waals surface area (Å²) >= 11 is 3.19. The summed E-state index contributed by atoms with van der Waals surface area (Å²) in [6, 6.07) is 4.61. The maximum atomic E-state index is 11.7. The number of carbonyl (C=O) groups is 3. The van der Waals surface area contributed by atoms with Gasteiger partial charge in [0.25, 0.3) is 5.91 Å². The molecule has 0 bridgehead atoms. The van der Waals surface area contributed by atoms with Crippen LogP contribution in [0.5, 0.6) is 0 Å². The van der Waals surface area contributed by atoms with Crippen molar-refractivity contribution >= 4 is 39.4 Å². The van der Waals surface area contributed by atoms with Gasteiger partial charge in [-0.2, -0.15) is 0 Å². The van der Waals surface area contributed by atoms with E-state index in [1.165, 1.54) is 12.1 Å². The second kappa shape index (κ2) is 6.74. The lowest BCUT2D eigenvalue weighted by Crippen LogP contribution is -2.39. The quantitative estimate of drug-likeness (QED) is 0.565. The number of nitrogens with one attached hydrogen (secondary N) is 2. The fraction of sp³-hybridized carbons (Fsp3) is 0.182. The molecule has 102 valence electrons. The molecule has 1 rings (SSSR count). The number of hydrogen-bond donors (Lipinski definition) is 4. The molecule has 1 aromatic rings. The molecule has 2 amide bonds. The van der Waals surface area contributed by atoms with E-state index in [9.17, 15) is 14.4 Å². The predicted molar refractivity (Wildman–Crippen MR) is 71.5 cm³/mol. The normalized spacial score (nSPS) is 9.74. The van der Waals surface area contributed by atoms with E-state index >= 15 is 0 Å². The van der Waals surface area contributed by atoms with Crippen LogP contribution >= 0.6 is 15.9 Å². The number of carboxylic acid groups (broad SMARTS) is 1. The second-order valence-corrected chi connectivity index (χ2v) is 4.44. The molecule has 0 fully saturated rings. The van der Waals surface area contributed by atoms with Crippen LogP contribution in [0.15, 0.2) is 22.7 Å². The lowest BCUT2D eigenvalue weighted by atomic mass is 10.2. The van der Waals surface area contributed by atoms with Crippen LogP contribution < -0.4 is 16.4 Å². The average molecular weight is 330 g/mol.